The minimum Gasteiger partial charge on any atom is -0.420 e. The Hall–Kier alpha value is -1.38. The van der Waals surface area contributed by atoms with E-state index in [4.69, 9.17) is 4.74 Å². The Balaban J connectivity index is 2.79. The van der Waals surface area contributed by atoms with Crippen molar-refractivity contribution in [3.8, 4) is 5.75 Å². The summed E-state index contributed by atoms with van der Waals surface area (Å²) in [5.41, 5.74) is 0. The number of carbonyl (C=O) groups excluding carboxylic acids is 1. The summed E-state index contributed by atoms with van der Waals surface area (Å²) < 4.78 is 6.65. The van der Waals surface area contributed by atoms with Crippen LogP contribution in [0.2, 0.25) is 0 Å². The number of carbonyl (C=O) groups is 1. The first-order valence-corrected chi connectivity index (χ1v) is 3.32. The normalized spacial score (nSPS) is 9.27. The van der Waals surface area contributed by atoms with Crippen molar-refractivity contribution in [1.29, 1.82) is 0 Å². The van der Waals surface area contributed by atoms with Crippen LogP contribution in [0.1, 0.15) is 6.92 Å². The first kappa shape index (κ1) is 7.72. The number of nitrogens with zero attached hydrogens (tertiary/aromatic N) is 1. The van der Waals surface area contributed by atoms with E-state index in [0.717, 1.165) is 0 Å². The van der Waals surface area contributed by atoms with Gasteiger partial charge in [-0.15, -0.1) is 0 Å². The summed E-state index contributed by atoms with van der Waals surface area (Å²) >= 11 is 0. The maximum absolute atomic E-state index is 10.5. The average Bonchev–Trinajstić information content (AvgIpc) is 1.85. The molecule has 1 heterocycles. The molecule has 0 atom stereocenters. The molecule has 11 heavy (non-hydrogen) atoms. The number of rotatable bonds is 1. The van der Waals surface area contributed by atoms with Gasteiger partial charge >= 0.3 is 5.97 Å². The molecular weight excluding hydrogens is 142 g/mol. The standard InChI is InChI=1S/C8H10NO2/c1-7(10)11-8-4-3-5-9(2)6-8/h3-6H,1-2H3/q+1. The zero-order valence-electron chi connectivity index (χ0n) is 6.57. The van der Waals surface area contributed by atoms with Gasteiger partial charge < -0.3 is 4.74 Å². The van der Waals surface area contributed by atoms with Crippen LogP contribution in [-0.4, -0.2) is 5.97 Å². The Kier molecular flexibility index (Phi) is 2.21. The number of aromatic nitrogens is 1. The lowest BCUT2D eigenvalue weighted by molar-refractivity contribution is -0.671. The minimum atomic E-state index is -0.295. The second kappa shape index (κ2) is 3.14. The highest BCUT2D eigenvalue weighted by molar-refractivity contribution is 5.68. The third kappa shape index (κ3) is 2.37. The van der Waals surface area contributed by atoms with Crippen LogP contribution in [-0.2, 0) is 11.8 Å². The van der Waals surface area contributed by atoms with Crippen molar-refractivity contribution in [1.82, 2.24) is 0 Å². The number of esters is 1. The van der Waals surface area contributed by atoms with E-state index < -0.39 is 0 Å². The molecule has 0 saturated carbocycles. The molecule has 0 aliphatic heterocycles. The number of aryl methyl sites for hydroxylation is 1. The molecule has 0 radical (unpaired) electrons. The molecule has 0 spiro atoms. The van der Waals surface area contributed by atoms with Crippen LogP contribution in [0.5, 0.6) is 5.75 Å². The highest BCUT2D eigenvalue weighted by Gasteiger charge is 2.00. The number of pyridine rings is 1. The van der Waals surface area contributed by atoms with Gasteiger partial charge in [0.15, 0.2) is 11.9 Å². The second-order valence-electron chi connectivity index (χ2n) is 2.30. The maximum atomic E-state index is 10.5. The van der Waals surface area contributed by atoms with E-state index in [-0.39, 0.29) is 5.97 Å². The van der Waals surface area contributed by atoms with Crippen LogP contribution in [0.25, 0.3) is 0 Å². The summed E-state index contributed by atoms with van der Waals surface area (Å²) in [6, 6.07) is 3.56. The van der Waals surface area contributed by atoms with Crippen molar-refractivity contribution >= 4 is 5.97 Å². The van der Waals surface area contributed by atoms with Gasteiger partial charge in [0, 0.05) is 13.0 Å². The maximum Gasteiger partial charge on any atom is 0.308 e. The number of hydrogen-bond acceptors (Lipinski definition) is 2. The van der Waals surface area contributed by atoms with Crippen LogP contribution in [0.3, 0.4) is 0 Å². The van der Waals surface area contributed by atoms with Gasteiger partial charge in [-0.3, -0.25) is 4.79 Å². The molecule has 1 rings (SSSR count). The van der Waals surface area contributed by atoms with Gasteiger partial charge in [0.1, 0.15) is 7.05 Å². The van der Waals surface area contributed by atoms with Gasteiger partial charge in [-0.2, -0.15) is 0 Å². The average molecular weight is 152 g/mol. The molecule has 0 bridgehead atoms. The Morgan fingerprint density at radius 3 is 2.91 bits per heavy atom. The van der Waals surface area contributed by atoms with Crippen LogP contribution in [0.15, 0.2) is 24.5 Å². The largest absolute Gasteiger partial charge is 0.420 e. The zero-order chi connectivity index (χ0) is 8.27. The molecule has 0 unspecified atom stereocenters. The fraction of sp³-hybridized carbons (Fsp3) is 0.250. The Bertz CT molecular complexity index is 271. The molecule has 3 nitrogen and oxygen atoms in total. The molecule has 58 valence electrons. The molecule has 1 aromatic heterocycles. The predicted octanol–water partition coefficient (Wildman–Crippen LogP) is 0.436. The van der Waals surface area contributed by atoms with Gasteiger partial charge in [-0.25, -0.2) is 4.57 Å². The fourth-order valence-corrected chi connectivity index (χ4v) is 0.787. The number of ether oxygens (including phenoxy) is 1. The van der Waals surface area contributed by atoms with Gasteiger partial charge in [0.25, 0.3) is 0 Å². The Morgan fingerprint density at radius 1 is 1.64 bits per heavy atom. The van der Waals surface area contributed by atoms with E-state index >= 15 is 0 Å². The molecule has 0 amide bonds. The molecule has 0 saturated heterocycles. The van der Waals surface area contributed by atoms with Gasteiger partial charge in [-0.1, -0.05) is 0 Å². The topological polar surface area (TPSA) is 30.2 Å². The molecule has 0 N–H and O–H groups in total. The van der Waals surface area contributed by atoms with Crippen molar-refractivity contribution < 1.29 is 14.1 Å². The van der Waals surface area contributed by atoms with Crippen LogP contribution in [0, 0.1) is 0 Å². The van der Waals surface area contributed by atoms with Gasteiger partial charge in [0.05, 0.1) is 0 Å². The SMILES string of the molecule is CC(=O)Oc1ccc[n+](C)c1. The van der Waals surface area contributed by atoms with E-state index in [1.54, 1.807) is 12.3 Å². The fourth-order valence-electron chi connectivity index (χ4n) is 0.787. The van der Waals surface area contributed by atoms with E-state index in [0.29, 0.717) is 5.75 Å². The van der Waals surface area contributed by atoms with Crippen LogP contribution in [0.4, 0.5) is 0 Å². The van der Waals surface area contributed by atoms with Crippen LogP contribution < -0.4 is 9.30 Å². The van der Waals surface area contributed by atoms with Gasteiger partial charge in [0.2, 0.25) is 6.20 Å². The molecule has 0 aromatic carbocycles. The highest BCUT2D eigenvalue weighted by atomic mass is 16.5. The molecule has 1 aromatic rings. The van der Waals surface area contributed by atoms with Crippen molar-refractivity contribution in [2.24, 2.45) is 7.05 Å². The van der Waals surface area contributed by atoms with E-state index in [9.17, 15) is 4.79 Å². The predicted molar refractivity (Wildman–Crippen MR) is 38.9 cm³/mol. The van der Waals surface area contributed by atoms with E-state index in [2.05, 4.69) is 0 Å². The lowest BCUT2D eigenvalue weighted by Gasteiger charge is -1.96. The summed E-state index contributed by atoms with van der Waals surface area (Å²) in [5.74, 6) is 0.277. The smallest absolute Gasteiger partial charge is 0.308 e. The van der Waals surface area contributed by atoms with Crippen molar-refractivity contribution in [2.45, 2.75) is 6.92 Å². The lowest BCUT2D eigenvalue weighted by Crippen LogP contribution is -2.26. The Morgan fingerprint density at radius 2 is 2.36 bits per heavy atom. The summed E-state index contributed by atoms with van der Waals surface area (Å²) in [6.07, 6.45) is 3.61. The van der Waals surface area contributed by atoms with Crippen molar-refractivity contribution in [2.75, 3.05) is 0 Å². The van der Waals surface area contributed by atoms with Gasteiger partial charge in [-0.05, 0) is 6.07 Å². The van der Waals surface area contributed by atoms with E-state index in [1.807, 2.05) is 23.9 Å². The van der Waals surface area contributed by atoms with Crippen molar-refractivity contribution in [3.05, 3.63) is 24.5 Å². The first-order valence-electron chi connectivity index (χ1n) is 3.32. The van der Waals surface area contributed by atoms with E-state index in [1.165, 1.54) is 6.92 Å². The molecule has 0 aliphatic carbocycles. The third-order valence-corrected chi connectivity index (χ3v) is 1.17. The summed E-state index contributed by atoms with van der Waals surface area (Å²) in [4.78, 5) is 10.5. The molecule has 3 heteroatoms. The zero-order valence-corrected chi connectivity index (χ0v) is 6.57. The highest BCUT2D eigenvalue weighted by Crippen LogP contribution is 2.04. The first-order chi connectivity index (χ1) is 5.18. The second-order valence-corrected chi connectivity index (χ2v) is 2.30. The van der Waals surface area contributed by atoms with Crippen LogP contribution >= 0.6 is 0 Å². The molecule has 0 aliphatic rings. The summed E-state index contributed by atoms with van der Waals surface area (Å²) in [7, 11) is 1.87. The molecular formula is C8H10NO2+. The van der Waals surface area contributed by atoms with Crippen molar-refractivity contribution in [3.63, 3.8) is 0 Å². The quantitative estimate of drug-likeness (QED) is 0.431. The molecule has 0 fully saturated rings. The minimum absolute atomic E-state index is 0.295. The monoisotopic (exact) mass is 152 g/mol. The third-order valence-electron chi connectivity index (χ3n) is 1.17. The summed E-state index contributed by atoms with van der Waals surface area (Å²) in [5, 5.41) is 0. The Labute approximate surface area is 65.2 Å². The number of hydrogen-bond donors (Lipinski definition) is 0. The summed E-state index contributed by atoms with van der Waals surface area (Å²) in [6.45, 7) is 1.38. The lowest BCUT2D eigenvalue weighted by atomic mass is 10.4.